The van der Waals surface area contributed by atoms with E-state index in [1.54, 1.807) is 19.1 Å². The van der Waals surface area contributed by atoms with Crippen molar-refractivity contribution in [1.82, 2.24) is 15.0 Å². The number of hydrogen-bond acceptors (Lipinski definition) is 7. The fraction of sp³-hybridized carbons (Fsp3) is 0.471. The van der Waals surface area contributed by atoms with Crippen molar-refractivity contribution in [1.29, 1.82) is 0 Å². The highest BCUT2D eigenvalue weighted by atomic mass is 16.5. The number of rotatable bonds is 5. The fourth-order valence-electron chi connectivity index (χ4n) is 2.83. The highest BCUT2D eigenvalue weighted by Gasteiger charge is 2.31. The number of benzene rings is 1. The van der Waals surface area contributed by atoms with E-state index in [1.807, 2.05) is 18.2 Å². The minimum atomic E-state index is -0.335. The van der Waals surface area contributed by atoms with Crippen LogP contribution in [0.1, 0.15) is 30.2 Å². The Hall–Kier alpha value is -2.61. The summed E-state index contributed by atoms with van der Waals surface area (Å²) in [5, 5.41) is 4.03. The Kier molecular flexibility index (Phi) is 5.18. The number of hydrogen-bond donors (Lipinski definition) is 0. The highest BCUT2D eigenvalue weighted by Crippen LogP contribution is 2.28. The zero-order valence-electron chi connectivity index (χ0n) is 14.5. The topological polar surface area (TPSA) is 86.9 Å². The summed E-state index contributed by atoms with van der Waals surface area (Å²) in [5.74, 6) is 2.21. The van der Waals surface area contributed by atoms with Crippen LogP contribution in [-0.2, 0) is 16.0 Å². The van der Waals surface area contributed by atoms with Crippen molar-refractivity contribution in [2.45, 2.75) is 19.4 Å². The first-order valence-electron chi connectivity index (χ1n) is 8.00. The molecule has 1 amide bonds. The van der Waals surface area contributed by atoms with Crippen LogP contribution >= 0.6 is 0 Å². The predicted molar refractivity (Wildman–Crippen MR) is 87.6 cm³/mol. The van der Waals surface area contributed by atoms with E-state index < -0.39 is 0 Å². The molecule has 134 valence electrons. The van der Waals surface area contributed by atoms with Crippen LogP contribution in [0.25, 0.3) is 0 Å². The normalized spacial score (nSPS) is 17.4. The van der Waals surface area contributed by atoms with Gasteiger partial charge in [-0.15, -0.1) is 0 Å². The zero-order chi connectivity index (χ0) is 17.8. The van der Waals surface area contributed by atoms with Gasteiger partial charge in [-0.2, -0.15) is 4.98 Å². The van der Waals surface area contributed by atoms with Crippen LogP contribution in [-0.4, -0.2) is 54.9 Å². The summed E-state index contributed by atoms with van der Waals surface area (Å²) in [6.07, 6.45) is 0.484. The van der Waals surface area contributed by atoms with E-state index >= 15 is 0 Å². The smallest absolute Gasteiger partial charge is 0.251 e. The Bertz CT molecular complexity index is 746. The second kappa shape index (κ2) is 7.52. The van der Waals surface area contributed by atoms with Gasteiger partial charge in [0.2, 0.25) is 5.91 Å². The van der Waals surface area contributed by atoms with E-state index in [4.69, 9.17) is 18.7 Å². The number of morpholine rings is 1. The van der Waals surface area contributed by atoms with E-state index in [2.05, 4.69) is 10.1 Å². The minimum absolute atomic E-state index is 0.0343. The lowest BCUT2D eigenvalue weighted by atomic mass is 10.1. The molecule has 1 aromatic carbocycles. The largest absolute Gasteiger partial charge is 0.493 e. The van der Waals surface area contributed by atoms with Gasteiger partial charge < -0.3 is 23.6 Å². The van der Waals surface area contributed by atoms with E-state index in [0.717, 1.165) is 5.56 Å². The summed E-state index contributed by atoms with van der Waals surface area (Å²) in [6, 6.07) is 5.29. The molecule has 8 nitrogen and oxygen atoms in total. The van der Waals surface area contributed by atoms with E-state index in [9.17, 15) is 4.79 Å². The van der Waals surface area contributed by atoms with Crippen LogP contribution in [0, 0.1) is 0 Å². The van der Waals surface area contributed by atoms with Crippen LogP contribution in [0.5, 0.6) is 11.5 Å². The first-order valence-corrected chi connectivity index (χ1v) is 8.00. The van der Waals surface area contributed by atoms with Crippen LogP contribution in [0.2, 0.25) is 0 Å². The molecule has 1 atom stereocenters. The zero-order valence-corrected chi connectivity index (χ0v) is 14.5. The van der Waals surface area contributed by atoms with Crippen molar-refractivity contribution in [3.8, 4) is 11.5 Å². The van der Waals surface area contributed by atoms with Gasteiger partial charge in [-0.05, 0) is 17.7 Å². The first-order chi connectivity index (χ1) is 12.1. The minimum Gasteiger partial charge on any atom is -0.493 e. The molecule has 3 rings (SSSR count). The number of nitrogens with zero attached hydrogens (tertiary/aromatic N) is 3. The third-order valence-electron chi connectivity index (χ3n) is 4.11. The van der Waals surface area contributed by atoms with Gasteiger partial charge >= 0.3 is 0 Å². The van der Waals surface area contributed by atoms with Gasteiger partial charge in [-0.25, -0.2) is 0 Å². The Labute approximate surface area is 145 Å². The summed E-state index contributed by atoms with van der Waals surface area (Å²) < 4.78 is 21.4. The summed E-state index contributed by atoms with van der Waals surface area (Å²) in [6.45, 7) is 2.92. The van der Waals surface area contributed by atoms with Gasteiger partial charge in [0.05, 0.1) is 27.4 Å². The maximum atomic E-state index is 11.8. The first kappa shape index (κ1) is 17.2. The Morgan fingerprint density at radius 2 is 2.12 bits per heavy atom. The molecule has 0 spiro atoms. The number of carbonyl (C=O) groups is 1. The molecule has 1 aliphatic rings. The van der Waals surface area contributed by atoms with Crippen molar-refractivity contribution in [2.24, 2.45) is 0 Å². The van der Waals surface area contributed by atoms with Crippen molar-refractivity contribution in [3.63, 3.8) is 0 Å². The number of ether oxygens (including phenoxy) is 3. The van der Waals surface area contributed by atoms with Crippen molar-refractivity contribution in [3.05, 3.63) is 35.5 Å². The summed E-state index contributed by atoms with van der Waals surface area (Å²) in [5.41, 5.74) is 0.966. The maximum absolute atomic E-state index is 11.8. The number of carbonyl (C=O) groups excluding carboxylic acids is 1. The average Bonchev–Trinajstić information content (AvgIpc) is 3.09. The van der Waals surface area contributed by atoms with Crippen LogP contribution in [0.4, 0.5) is 0 Å². The van der Waals surface area contributed by atoms with Gasteiger partial charge in [0, 0.05) is 19.9 Å². The van der Waals surface area contributed by atoms with Crippen LogP contribution in [0.3, 0.4) is 0 Å². The molecule has 1 unspecified atom stereocenters. The Balaban J connectivity index is 1.76. The molecule has 25 heavy (non-hydrogen) atoms. The van der Waals surface area contributed by atoms with Crippen LogP contribution < -0.4 is 9.47 Å². The molecule has 0 aliphatic carbocycles. The highest BCUT2D eigenvalue weighted by molar-refractivity contribution is 5.73. The van der Waals surface area contributed by atoms with E-state index in [1.165, 1.54) is 6.92 Å². The lowest BCUT2D eigenvalue weighted by Crippen LogP contribution is -2.42. The van der Waals surface area contributed by atoms with Gasteiger partial charge in [0.25, 0.3) is 5.89 Å². The number of aromatic nitrogens is 2. The summed E-state index contributed by atoms with van der Waals surface area (Å²) in [4.78, 5) is 17.9. The molecule has 0 N–H and O–H groups in total. The summed E-state index contributed by atoms with van der Waals surface area (Å²) in [7, 11) is 3.18. The summed E-state index contributed by atoms with van der Waals surface area (Å²) >= 11 is 0. The van der Waals surface area contributed by atoms with E-state index in [-0.39, 0.29) is 11.9 Å². The number of amides is 1. The van der Waals surface area contributed by atoms with Crippen LogP contribution in [0.15, 0.2) is 22.7 Å². The molecular weight excluding hydrogens is 326 g/mol. The van der Waals surface area contributed by atoms with Crippen molar-refractivity contribution in [2.75, 3.05) is 34.0 Å². The molecule has 1 saturated heterocycles. The monoisotopic (exact) mass is 347 g/mol. The van der Waals surface area contributed by atoms with Crippen molar-refractivity contribution >= 4 is 5.91 Å². The van der Waals surface area contributed by atoms with E-state index in [0.29, 0.717) is 49.4 Å². The predicted octanol–water partition coefficient (Wildman–Crippen LogP) is 1.60. The molecule has 1 fully saturated rings. The molecule has 0 radical (unpaired) electrons. The van der Waals surface area contributed by atoms with Gasteiger partial charge in [-0.3, -0.25) is 4.79 Å². The molecule has 0 bridgehead atoms. The quantitative estimate of drug-likeness (QED) is 0.812. The molecule has 8 heteroatoms. The maximum Gasteiger partial charge on any atom is 0.251 e. The Morgan fingerprint density at radius 1 is 1.32 bits per heavy atom. The number of methoxy groups -OCH3 is 2. The second-order valence-corrected chi connectivity index (χ2v) is 5.72. The Morgan fingerprint density at radius 3 is 2.84 bits per heavy atom. The lowest BCUT2D eigenvalue weighted by molar-refractivity contribution is -0.138. The van der Waals surface area contributed by atoms with Gasteiger partial charge in [0.1, 0.15) is 6.04 Å². The standard InChI is InChI=1S/C17H21N3O5/c1-11(21)20-6-7-24-10-13(20)17-18-16(19-25-17)9-12-4-5-14(22-2)15(8-12)23-3/h4-5,8,13H,6-7,9-10H2,1-3H3. The molecule has 2 aromatic rings. The molecule has 2 heterocycles. The third-order valence-corrected chi connectivity index (χ3v) is 4.11. The molecule has 1 aliphatic heterocycles. The molecule has 0 saturated carbocycles. The SMILES string of the molecule is COc1ccc(Cc2noc(C3COCCN3C(C)=O)n2)cc1OC. The second-order valence-electron chi connectivity index (χ2n) is 5.72. The average molecular weight is 347 g/mol. The van der Waals surface area contributed by atoms with Crippen molar-refractivity contribution < 1.29 is 23.5 Å². The van der Waals surface area contributed by atoms with Gasteiger partial charge in [0.15, 0.2) is 17.3 Å². The third kappa shape index (κ3) is 3.74. The molecular formula is C17H21N3O5. The lowest BCUT2D eigenvalue weighted by Gasteiger charge is -2.32. The van der Waals surface area contributed by atoms with Gasteiger partial charge in [-0.1, -0.05) is 11.2 Å². The molecule has 1 aromatic heterocycles. The fourth-order valence-corrected chi connectivity index (χ4v) is 2.83.